The molecule has 1 N–H and O–H groups in total. The molecule has 6 nitrogen and oxygen atoms in total. The zero-order valence-electron chi connectivity index (χ0n) is 16.0. The van der Waals surface area contributed by atoms with Crippen molar-refractivity contribution in [3.8, 4) is 17.6 Å². The number of nitrogens with one attached hydrogen (secondary N) is 1. The minimum absolute atomic E-state index is 0.220. The van der Waals surface area contributed by atoms with Crippen LogP contribution in [0.4, 0.5) is 10.9 Å². The third-order valence-electron chi connectivity index (χ3n) is 4.32. The highest BCUT2D eigenvalue weighted by Crippen LogP contribution is 2.34. The van der Waals surface area contributed by atoms with Crippen molar-refractivity contribution in [3.63, 3.8) is 0 Å². The normalized spacial score (nSPS) is 10.5. The molecule has 0 bridgehead atoms. The molecule has 0 fully saturated rings. The summed E-state index contributed by atoms with van der Waals surface area (Å²) in [6.07, 6.45) is 6.27. The number of halogens is 2. The lowest BCUT2D eigenvalue weighted by atomic mass is 10.1. The van der Waals surface area contributed by atoms with E-state index < -0.39 is 0 Å². The Balaban J connectivity index is 1.46. The number of nitrogens with zero attached hydrogens (tertiary/aromatic N) is 4. The molecule has 0 aliphatic carbocycles. The van der Waals surface area contributed by atoms with Gasteiger partial charge in [-0.25, -0.2) is 9.97 Å². The average molecular weight is 513 g/mol. The monoisotopic (exact) mass is 511 g/mol. The molecule has 0 atom stereocenters. The summed E-state index contributed by atoms with van der Waals surface area (Å²) in [5.41, 5.74) is 2.53. The first-order chi connectivity index (χ1) is 15.1. The van der Waals surface area contributed by atoms with Crippen LogP contribution in [0.15, 0.2) is 64.8 Å². The molecule has 0 unspecified atom stereocenters. The first-order valence-electron chi connectivity index (χ1n) is 9.24. The second kappa shape index (κ2) is 9.88. The molecule has 0 saturated heterocycles. The van der Waals surface area contributed by atoms with Gasteiger partial charge in [0.1, 0.15) is 23.2 Å². The molecule has 9 heteroatoms. The number of ether oxygens (including phenoxy) is 1. The molecular weight excluding hydrogens is 498 g/mol. The lowest BCUT2D eigenvalue weighted by molar-refractivity contribution is 0.475. The van der Waals surface area contributed by atoms with E-state index in [0.717, 1.165) is 23.7 Å². The average Bonchev–Trinajstić information content (AvgIpc) is 3.23. The Labute approximate surface area is 196 Å². The second-order valence-corrected chi connectivity index (χ2v) is 8.58. The number of aromatic nitrogens is 3. The van der Waals surface area contributed by atoms with Crippen LogP contribution in [-0.2, 0) is 12.8 Å². The van der Waals surface area contributed by atoms with Crippen molar-refractivity contribution in [2.45, 2.75) is 12.8 Å². The highest BCUT2D eigenvalue weighted by atomic mass is 79.9. The summed E-state index contributed by atoms with van der Waals surface area (Å²) >= 11 is 11.0. The van der Waals surface area contributed by atoms with Gasteiger partial charge >= 0.3 is 0 Å². The van der Waals surface area contributed by atoms with Crippen LogP contribution >= 0.6 is 38.9 Å². The molecule has 4 rings (SSSR count). The fraction of sp³-hybridized carbons (Fsp3) is 0.0909. The number of nitriles is 1. The van der Waals surface area contributed by atoms with Gasteiger partial charge in [0.05, 0.1) is 21.4 Å². The Morgan fingerprint density at radius 3 is 2.77 bits per heavy atom. The molecule has 3 aromatic heterocycles. The minimum Gasteiger partial charge on any atom is -0.453 e. The van der Waals surface area contributed by atoms with E-state index in [4.69, 9.17) is 16.3 Å². The van der Waals surface area contributed by atoms with Crippen molar-refractivity contribution in [3.05, 3.63) is 86.7 Å². The molecule has 3 heterocycles. The molecule has 1 aromatic carbocycles. The molecule has 0 spiro atoms. The molecule has 0 radical (unpaired) electrons. The number of hydrogen-bond donors (Lipinski definition) is 1. The first-order valence-corrected chi connectivity index (χ1v) is 11.3. The van der Waals surface area contributed by atoms with Gasteiger partial charge in [-0.15, -0.1) is 11.3 Å². The van der Waals surface area contributed by atoms with Crippen molar-refractivity contribution in [1.29, 1.82) is 5.26 Å². The van der Waals surface area contributed by atoms with Gasteiger partial charge in [-0.3, -0.25) is 4.98 Å². The summed E-state index contributed by atoms with van der Waals surface area (Å²) < 4.78 is 6.50. The SMILES string of the molecule is N#Cc1c(Cl)cncc1Oc1cc(Nc2nc(CCc3ccccc3)cs2)ncc1Br. The zero-order valence-corrected chi connectivity index (χ0v) is 19.2. The fourth-order valence-corrected chi connectivity index (χ4v) is 4.04. The van der Waals surface area contributed by atoms with Crippen molar-refractivity contribution in [1.82, 2.24) is 15.0 Å². The number of aryl methyl sites for hydroxylation is 2. The maximum Gasteiger partial charge on any atom is 0.188 e. The summed E-state index contributed by atoms with van der Waals surface area (Å²) in [6.45, 7) is 0. The predicted octanol–water partition coefficient (Wildman–Crippen LogP) is 6.54. The third kappa shape index (κ3) is 5.39. The number of rotatable bonds is 7. The van der Waals surface area contributed by atoms with Gasteiger partial charge in [0, 0.05) is 23.8 Å². The molecule has 31 heavy (non-hydrogen) atoms. The van der Waals surface area contributed by atoms with Gasteiger partial charge in [-0.1, -0.05) is 41.9 Å². The standard InChI is InChI=1S/C22H15BrClN5OS/c23-17-10-27-21(8-19(17)30-20-12-26-11-18(24)16(20)9-25)29-22-28-15(13-31-22)7-6-14-4-2-1-3-5-14/h1-5,8,10-13H,6-7H2,(H,27,28,29). The van der Waals surface area contributed by atoms with E-state index in [-0.39, 0.29) is 16.3 Å². The van der Waals surface area contributed by atoms with Crippen molar-refractivity contribution in [2.24, 2.45) is 0 Å². The topological polar surface area (TPSA) is 83.7 Å². The third-order valence-corrected chi connectivity index (χ3v) is 6.00. The Morgan fingerprint density at radius 2 is 1.97 bits per heavy atom. The zero-order chi connectivity index (χ0) is 21.6. The van der Waals surface area contributed by atoms with Crippen LogP contribution in [0.5, 0.6) is 11.5 Å². The van der Waals surface area contributed by atoms with E-state index in [1.807, 2.05) is 29.6 Å². The smallest absolute Gasteiger partial charge is 0.188 e. The highest BCUT2D eigenvalue weighted by molar-refractivity contribution is 9.10. The van der Waals surface area contributed by atoms with Crippen LogP contribution in [0.25, 0.3) is 0 Å². The van der Waals surface area contributed by atoms with E-state index in [1.165, 1.54) is 29.3 Å². The second-order valence-electron chi connectivity index (χ2n) is 6.46. The van der Waals surface area contributed by atoms with Crippen LogP contribution in [0.1, 0.15) is 16.8 Å². The first kappa shape index (κ1) is 21.2. The van der Waals surface area contributed by atoms with Crippen molar-refractivity contribution >= 4 is 49.8 Å². The largest absolute Gasteiger partial charge is 0.453 e. The molecule has 4 aromatic rings. The fourth-order valence-electron chi connectivity index (χ4n) is 2.79. The summed E-state index contributed by atoms with van der Waals surface area (Å²) in [6, 6.07) is 14.1. The lowest BCUT2D eigenvalue weighted by Crippen LogP contribution is -1.97. The van der Waals surface area contributed by atoms with Gasteiger partial charge in [0.2, 0.25) is 0 Å². The van der Waals surface area contributed by atoms with Crippen LogP contribution in [-0.4, -0.2) is 15.0 Å². The summed E-state index contributed by atoms with van der Waals surface area (Å²) in [4.78, 5) is 13.0. The number of hydrogen-bond acceptors (Lipinski definition) is 7. The van der Waals surface area contributed by atoms with E-state index in [1.54, 1.807) is 12.3 Å². The van der Waals surface area contributed by atoms with Gasteiger partial charge in [-0.2, -0.15) is 5.26 Å². The Morgan fingerprint density at radius 1 is 1.13 bits per heavy atom. The van der Waals surface area contributed by atoms with E-state index >= 15 is 0 Å². The Hall–Kier alpha value is -2.99. The molecule has 154 valence electrons. The van der Waals surface area contributed by atoms with E-state index in [9.17, 15) is 5.26 Å². The predicted molar refractivity (Wildman–Crippen MR) is 125 cm³/mol. The quantitative estimate of drug-likeness (QED) is 0.303. The number of anilines is 2. The molecule has 0 aliphatic rings. The molecular formula is C22H15BrClN5OS. The number of benzene rings is 1. The summed E-state index contributed by atoms with van der Waals surface area (Å²) in [5.74, 6) is 1.31. The maximum atomic E-state index is 9.33. The maximum absolute atomic E-state index is 9.33. The van der Waals surface area contributed by atoms with Gasteiger partial charge < -0.3 is 10.1 Å². The molecule has 0 saturated carbocycles. The summed E-state index contributed by atoms with van der Waals surface area (Å²) in [7, 11) is 0. The Bertz CT molecular complexity index is 1240. The highest BCUT2D eigenvalue weighted by Gasteiger charge is 2.13. The van der Waals surface area contributed by atoms with Crippen LogP contribution < -0.4 is 10.1 Å². The number of thiazole rings is 1. The number of pyridine rings is 2. The van der Waals surface area contributed by atoms with Crippen LogP contribution in [0.3, 0.4) is 0 Å². The van der Waals surface area contributed by atoms with Crippen molar-refractivity contribution in [2.75, 3.05) is 5.32 Å². The van der Waals surface area contributed by atoms with Crippen molar-refractivity contribution < 1.29 is 4.74 Å². The summed E-state index contributed by atoms with van der Waals surface area (Å²) in [5, 5.41) is 15.5. The lowest BCUT2D eigenvalue weighted by Gasteiger charge is -2.11. The molecule has 0 amide bonds. The minimum atomic E-state index is 0.220. The van der Waals surface area contributed by atoms with E-state index in [2.05, 4.69) is 48.3 Å². The van der Waals surface area contributed by atoms with E-state index in [0.29, 0.717) is 16.0 Å². The van der Waals surface area contributed by atoms with Gasteiger partial charge in [0.15, 0.2) is 10.9 Å². The Kier molecular flexibility index (Phi) is 6.77. The molecule has 0 aliphatic heterocycles. The van der Waals surface area contributed by atoms with Crippen LogP contribution in [0.2, 0.25) is 5.02 Å². The van der Waals surface area contributed by atoms with Gasteiger partial charge in [0.25, 0.3) is 0 Å². The van der Waals surface area contributed by atoms with Crippen LogP contribution in [0, 0.1) is 11.3 Å². The van der Waals surface area contributed by atoms with Gasteiger partial charge in [-0.05, 0) is 34.3 Å².